The summed E-state index contributed by atoms with van der Waals surface area (Å²) in [5, 5.41) is 8.01. The van der Waals surface area contributed by atoms with E-state index in [1.807, 2.05) is 0 Å². The molecule has 2 heterocycles. The first-order valence-electron chi connectivity index (χ1n) is 11.8. The van der Waals surface area contributed by atoms with E-state index >= 15 is 0 Å². The molecule has 2 aromatic heterocycles. The van der Waals surface area contributed by atoms with Crippen molar-refractivity contribution in [1.29, 1.82) is 0 Å². The lowest BCUT2D eigenvalue weighted by Gasteiger charge is -2.22. The molecule has 0 saturated heterocycles. The van der Waals surface area contributed by atoms with Gasteiger partial charge in [-0.1, -0.05) is 49.1 Å². The third kappa shape index (κ3) is 4.60. The number of carbonyl (C=O) groups excluding carboxylic acids is 1. The van der Waals surface area contributed by atoms with Crippen LogP contribution in [0.1, 0.15) is 44.1 Å². The van der Waals surface area contributed by atoms with Crippen LogP contribution in [0.15, 0.2) is 52.1 Å². The van der Waals surface area contributed by atoms with Crippen LogP contribution in [-0.4, -0.2) is 30.7 Å². The number of para-hydroxylation sites is 1. The fourth-order valence-electron chi connectivity index (χ4n) is 4.74. The zero-order valence-corrected chi connectivity index (χ0v) is 19.8. The normalized spacial score (nSPS) is 14.6. The number of nitrogens with zero attached hydrogens (tertiary/aromatic N) is 4. The van der Waals surface area contributed by atoms with Crippen LogP contribution < -0.4 is 16.6 Å². The van der Waals surface area contributed by atoms with Crippen molar-refractivity contribution in [2.24, 2.45) is 0 Å². The van der Waals surface area contributed by atoms with Gasteiger partial charge in [-0.2, -0.15) is 0 Å². The number of halogens is 2. The van der Waals surface area contributed by atoms with E-state index < -0.39 is 11.5 Å². The summed E-state index contributed by atoms with van der Waals surface area (Å²) in [5.41, 5.74) is 0.160. The predicted octanol–water partition coefficient (Wildman–Crippen LogP) is 3.49. The molecule has 35 heavy (non-hydrogen) atoms. The predicted molar refractivity (Wildman–Crippen MR) is 131 cm³/mol. The number of nitrogens with one attached hydrogen (secondary N) is 1. The maximum absolute atomic E-state index is 13.5. The first-order chi connectivity index (χ1) is 16.9. The zero-order valence-electron chi connectivity index (χ0n) is 19.0. The second-order valence-corrected chi connectivity index (χ2v) is 9.34. The summed E-state index contributed by atoms with van der Waals surface area (Å²) in [7, 11) is 0. The molecule has 1 N–H and O–H groups in total. The highest BCUT2D eigenvalue weighted by Crippen LogP contribution is 2.19. The molecule has 0 spiro atoms. The van der Waals surface area contributed by atoms with Crippen molar-refractivity contribution < 1.29 is 9.18 Å². The van der Waals surface area contributed by atoms with Gasteiger partial charge in [0.25, 0.3) is 5.56 Å². The Hall–Kier alpha value is -3.46. The molecule has 0 radical (unpaired) electrons. The fraction of sp³-hybridized carbons (Fsp3) is 0.360. The van der Waals surface area contributed by atoms with E-state index in [1.54, 1.807) is 24.3 Å². The molecule has 5 rings (SSSR count). The van der Waals surface area contributed by atoms with E-state index in [1.165, 1.54) is 38.3 Å². The van der Waals surface area contributed by atoms with E-state index in [9.17, 15) is 18.8 Å². The Balaban J connectivity index is 1.53. The van der Waals surface area contributed by atoms with Crippen LogP contribution in [0.2, 0.25) is 5.02 Å². The minimum atomic E-state index is -0.479. The van der Waals surface area contributed by atoms with Gasteiger partial charge in [-0.05, 0) is 42.7 Å². The smallest absolute Gasteiger partial charge is 0.352 e. The Morgan fingerprint density at radius 2 is 1.89 bits per heavy atom. The Kier molecular flexibility index (Phi) is 6.42. The summed E-state index contributed by atoms with van der Waals surface area (Å²) in [4.78, 5) is 39.3. The van der Waals surface area contributed by atoms with Crippen LogP contribution in [0.5, 0.6) is 0 Å². The summed E-state index contributed by atoms with van der Waals surface area (Å²) in [6.45, 7) is 0.0871. The molecular formula is C25H25ClFN5O3. The lowest BCUT2D eigenvalue weighted by atomic mass is 9.95. The Morgan fingerprint density at radius 1 is 1.11 bits per heavy atom. The molecule has 2 aromatic carbocycles. The van der Waals surface area contributed by atoms with Crippen molar-refractivity contribution in [2.45, 2.75) is 57.7 Å². The maximum atomic E-state index is 13.5. The van der Waals surface area contributed by atoms with Gasteiger partial charge < -0.3 is 5.32 Å². The van der Waals surface area contributed by atoms with Gasteiger partial charge in [0, 0.05) is 24.0 Å². The molecular weight excluding hydrogens is 473 g/mol. The van der Waals surface area contributed by atoms with Crippen LogP contribution in [0.25, 0.3) is 16.7 Å². The average Bonchev–Trinajstić information content (AvgIpc) is 3.17. The lowest BCUT2D eigenvalue weighted by Crippen LogP contribution is -2.37. The number of hydrogen-bond acceptors (Lipinski definition) is 4. The average molecular weight is 498 g/mol. The van der Waals surface area contributed by atoms with Crippen LogP contribution in [0.3, 0.4) is 0 Å². The van der Waals surface area contributed by atoms with E-state index in [2.05, 4.69) is 10.4 Å². The highest BCUT2D eigenvalue weighted by Gasteiger charge is 2.20. The number of hydrogen-bond donors (Lipinski definition) is 1. The third-order valence-corrected chi connectivity index (χ3v) is 6.90. The van der Waals surface area contributed by atoms with Crippen LogP contribution in [0.4, 0.5) is 4.39 Å². The molecule has 1 aliphatic carbocycles. The van der Waals surface area contributed by atoms with E-state index in [4.69, 9.17) is 11.6 Å². The number of benzene rings is 2. The molecule has 1 saturated carbocycles. The Bertz CT molecular complexity index is 1530. The third-order valence-electron chi connectivity index (χ3n) is 6.55. The minimum Gasteiger partial charge on any atom is -0.353 e. The first kappa shape index (κ1) is 23.3. The molecule has 1 amide bonds. The number of aryl methyl sites for hydroxylation is 1. The van der Waals surface area contributed by atoms with Crippen molar-refractivity contribution >= 4 is 34.2 Å². The van der Waals surface area contributed by atoms with Gasteiger partial charge >= 0.3 is 5.69 Å². The number of rotatable bonds is 6. The number of fused-ring (bicyclic) bond motifs is 3. The minimum absolute atomic E-state index is 0.00428. The van der Waals surface area contributed by atoms with Crippen molar-refractivity contribution in [2.75, 3.05) is 0 Å². The topological polar surface area (TPSA) is 90.4 Å². The lowest BCUT2D eigenvalue weighted by molar-refractivity contribution is -0.122. The fourth-order valence-corrected chi connectivity index (χ4v) is 4.97. The molecule has 1 fully saturated rings. The van der Waals surface area contributed by atoms with Gasteiger partial charge in [0.05, 0.1) is 17.4 Å². The van der Waals surface area contributed by atoms with E-state index in [0.717, 1.165) is 25.7 Å². The number of carbonyl (C=O) groups is 1. The zero-order chi connectivity index (χ0) is 24.5. The quantitative estimate of drug-likeness (QED) is 0.441. The van der Waals surface area contributed by atoms with Crippen LogP contribution >= 0.6 is 11.6 Å². The first-order valence-corrected chi connectivity index (χ1v) is 12.1. The molecule has 182 valence electrons. The summed E-state index contributed by atoms with van der Waals surface area (Å²) in [6.07, 6.45) is 5.43. The second-order valence-electron chi connectivity index (χ2n) is 8.94. The molecule has 0 unspecified atom stereocenters. The van der Waals surface area contributed by atoms with Crippen molar-refractivity contribution in [3.63, 3.8) is 0 Å². The Morgan fingerprint density at radius 3 is 2.66 bits per heavy atom. The summed E-state index contributed by atoms with van der Waals surface area (Å²) in [6, 6.07) is 10.9. The highest BCUT2D eigenvalue weighted by atomic mass is 35.5. The maximum Gasteiger partial charge on any atom is 0.352 e. The van der Waals surface area contributed by atoms with Gasteiger partial charge in [0.1, 0.15) is 5.82 Å². The largest absolute Gasteiger partial charge is 0.353 e. The molecule has 8 nitrogen and oxygen atoms in total. The standard InChI is InChI=1S/C25H25ClFN5O3/c26-20-14-17(27)11-10-16(20)15-31-25(35)32-21-9-5-4-8-19(21)23(34)30(24(32)29-31)13-12-22(33)28-18-6-2-1-3-7-18/h4-5,8-11,14,18H,1-3,6-7,12-13,15H2,(H,28,33). The van der Waals surface area contributed by atoms with Gasteiger partial charge in [0.2, 0.25) is 11.7 Å². The summed E-state index contributed by atoms with van der Waals surface area (Å²) < 4.78 is 17.4. The Labute approximate surface area is 204 Å². The van der Waals surface area contributed by atoms with Gasteiger partial charge in [-0.25, -0.2) is 18.3 Å². The van der Waals surface area contributed by atoms with E-state index in [-0.39, 0.29) is 47.8 Å². The monoisotopic (exact) mass is 497 g/mol. The van der Waals surface area contributed by atoms with Crippen molar-refractivity contribution in [3.05, 3.63) is 79.7 Å². The number of amides is 1. The molecule has 1 aliphatic rings. The van der Waals surface area contributed by atoms with E-state index in [0.29, 0.717) is 16.5 Å². The summed E-state index contributed by atoms with van der Waals surface area (Å²) >= 11 is 6.16. The van der Waals surface area contributed by atoms with Gasteiger partial charge in [-0.3, -0.25) is 14.2 Å². The molecule has 10 heteroatoms. The van der Waals surface area contributed by atoms with Crippen molar-refractivity contribution in [3.8, 4) is 0 Å². The van der Waals surface area contributed by atoms with Crippen molar-refractivity contribution in [1.82, 2.24) is 24.1 Å². The SMILES string of the molecule is O=C(CCn1c(=O)c2ccccc2n2c(=O)n(Cc3ccc(F)cc3Cl)nc12)NC1CCCCC1. The molecule has 0 aliphatic heterocycles. The highest BCUT2D eigenvalue weighted by molar-refractivity contribution is 6.31. The molecule has 4 aromatic rings. The summed E-state index contributed by atoms with van der Waals surface area (Å²) in [5.74, 6) is -0.468. The van der Waals surface area contributed by atoms with Gasteiger partial charge in [-0.15, -0.1) is 5.10 Å². The van der Waals surface area contributed by atoms with Crippen LogP contribution in [0, 0.1) is 5.82 Å². The number of aromatic nitrogens is 4. The van der Waals surface area contributed by atoms with Gasteiger partial charge in [0.15, 0.2) is 0 Å². The molecule has 0 bridgehead atoms. The van der Waals surface area contributed by atoms with Crippen LogP contribution in [-0.2, 0) is 17.9 Å². The second kappa shape index (κ2) is 9.65. The molecule has 0 atom stereocenters.